The Morgan fingerprint density at radius 1 is 1.00 bits per heavy atom. The zero-order chi connectivity index (χ0) is 20.4. The number of anilines is 2. The van der Waals surface area contributed by atoms with Gasteiger partial charge in [0.15, 0.2) is 0 Å². The summed E-state index contributed by atoms with van der Waals surface area (Å²) >= 11 is 0. The molecule has 0 aromatic carbocycles. The second-order valence-corrected chi connectivity index (χ2v) is 10.2. The summed E-state index contributed by atoms with van der Waals surface area (Å²) in [6.07, 6.45) is 9.55. The molecule has 2 unspecified atom stereocenters. The second-order valence-electron chi connectivity index (χ2n) is 10.2. The molecule has 5 nitrogen and oxygen atoms in total. The van der Waals surface area contributed by atoms with E-state index in [-0.39, 0.29) is 5.60 Å². The first-order valence-electron chi connectivity index (χ1n) is 11.7. The maximum absolute atomic E-state index is 6.25. The van der Waals surface area contributed by atoms with Gasteiger partial charge in [0, 0.05) is 43.0 Å². The van der Waals surface area contributed by atoms with E-state index in [4.69, 9.17) is 14.5 Å². The molecule has 1 aliphatic carbocycles. The highest BCUT2D eigenvalue weighted by Gasteiger charge is 2.34. The molecule has 2 aliphatic heterocycles. The Kier molecular flexibility index (Phi) is 6.24. The fourth-order valence-electron chi connectivity index (χ4n) is 5.35. The van der Waals surface area contributed by atoms with Crippen molar-refractivity contribution in [2.45, 2.75) is 90.3 Å². The van der Waals surface area contributed by atoms with Gasteiger partial charge in [0.25, 0.3) is 0 Å². The van der Waals surface area contributed by atoms with Crippen molar-refractivity contribution < 1.29 is 9.47 Å². The third-order valence-electron chi connectivity index (χ3n) is 6.67. The first-order valence-corrected chi connectivity index (χ1v) is 11.7. The number of ether oxygens (including phenoxy) is 2. The molecule has 0 radical (unpaired) electrons. The molecule has 3 heterocycles. The van der Waals surface area contributed by atoms with E-state index in [0.29, 0.717) is 12.1 Å². The maximum atomic E-state index is 6.25. The third-order valence-corrected chi connectivity index (χ3v) is 6.67. The van der Waals surface area contributed by atoms with Crippen LogP contribution in [0.5, 0.6) is 5.88 Å². The van der Waals surface area contributed by atoms with Crippen LogP contribution in [0.25, 0.3) is 0 Å². The fraction of sp³-hybridized carbons (Fsp3) is 0.792. The van der Waals surface area contributed by atoms with Crippen LogP contribution < -0.4 is 14.5 Å². The molecule has 1 aromatic heterocycles. The molecule has 5 heteroatoms. The molecule has 3 fully saturated rings. The molecule has 162 valence electrons. The number of rotatable bonds is 4. The van der Waals surface area contributed by atoms with Gasteiger partial charge in [-0.2, -0.15) is 4.98 Å². The minimum absolute atomic E-state index is 0.257. The molecule has 0 N–H and O–H groups in total. The Morgan fingerprint density at radius 3 is 2.52 bits per heavy atom. The topological polar surface area (TPSA) is 37.8 Å². The Hall–Kier alpha value is -1.49. The number of nitrogens with zero attached hydrogens (tertiary/aromatic N) is 3. The van der Waals surface area contributed by atoms with Crippen molar-refractivity contribution in [1.82, 2.24) is 4.98 Å². The van der Waals surface area contributed by atoms with Gasteiger partial charge in [-0.15, -0.1) is 0 Å². The molecule has 0 spiro atoms. The van der Waals surface area contributed by atoms with Crippen LogP contribution in [0.2, 0.25) is 0 Å². The first-order chi connectivity index (χ1) is 13.9. The van der Waals surface area contributed by atoms with Gasteiger partial charge in [-0.3, -0.25) is 0 Å². The minimum atomic E-state index is -0.257. The molecule has 29 heavy (non-hydrogen) atoms. The van der Waals surface area contributed by atoms with E-state index in [1.54, 1.807) is 0 Å². The van der Waals surface area contributed by atoms with E-state index in [2.05, 4.69) is 49.6 Å². The van der Waals surface area contributed by atoms with Crippen molar-refractivity contribution in [3.05, 3.63) is 12.1 Å². The van der Waals surface area contributed by atoms with Crippen LogP contribution in [0.3, 0.4) is 0 Å². The van der Waals surface area contributed by atoms with Gasteiger partial charge >= 0.3 is 0 Å². The molecule has 2 atom stereocenters. The largest absolute Gasteiger partial charge is 0.472 e. The van der Waals surface area contributed by atoms with E-state index in [1.165, 1.54) is 50.6 Å². The Bertz CT molecular complexity index is 681. The van der Waals surface area contributed by atoms with Gasteiger partial charge in [-0.05, 0) is 59.3 Å². The average molecular weight is 402 g/mol. The summed E-state index contributed by atoms with van der Waals surface area (Å²) in [6.45, 7) is 12.1. The van der Waals surface area contributed by atoms with Gasteiger partial charge < -0.3 is 19.3 Å². The zero-order valence-corrected chi connectivity index (χ0v) is 18.8. The standard InChI is InChI=1S/C24H39N3O2/c1-18-17-28-14-13-26(18)20-15-22(25-23(16-20)29-24(2,3)4)27-12-8-11-21(27)19-9-6-5-7-10-19/h15-16,18-19,21H,5-14,17H2,1-4H3. The van der Waals surface area contributed by atoms with Crippen molar-refractivity contribution in [2.24, 2.45) is 5.92 Å². The first kappa shape index (κ1) is 20.8. The lowest BCUT2D eigenvalue weighted by Crippen LogP contribution is -2.44. The van der Waals surface area contributed by atoms with Gasteiger partial charge in [-0.1, -0.05) is 19.3 Å². The normalized spacial score (nSPS) is 26.8. The third kappa shape index (κ3) is 4.99. The van der Waals surface area contributed by atoms with Gasteiger partial charge in [-0.25, -0.2) is 0 Å². The molecule has 4 rings (SSSR count). The second kappa shape index (κ2) is 8.71. The maximum Gasteiger partial charge on any atom is 0.217 e. The highest BCUT2D eigenvalue weighted by Crippen LogP contribution is 2.38. The van der Waals surface area contributed by atoms with E-state index < -0.39 is 0 Å². The van der Waals surface area contributed by atoms with Gasteiger partial charge in [0.1, 0.15) is 11.4 Å². The molecular weight excluding hydrogens is 362 g/mol. The van der Waals surface area contributed by atoms with Crippen molar-refractivity contribution >= 4 is 11.5 Å². The molecule has 1 aromatic rings. The Balaban J connectivity index is 1.65. The van der Waals surface area contributed by atoms with Crippen molar-refractivity contribution in [3.8, 4) is 5.88 Å². The van der Waals surface area contributed by atoms with Crippen molar-refractivity contribution in [3.63, 3.8) is 0 Å². The van der Waals surface area contributed by atoms with Gasteiger partial charge in [0.2, 0.25) is 5.88 Å². The zero-order valence-electron chi connectivity index (χ0n) is 18.8. The summed E-state index contributed by atoms with van der Waals surface area (Å²) in [7, 11) is 0. The molecule has 3 aliphatic rings. The smallest absolute Gasteiger partial charge is 0.217 e. The lowest BCUT2D eigenvalue weighted by molar-refractivity contribution is 0.0986. The fourth-order valence-corrected chi connectivity index (χ4v) is 5.35. The van der Waals surface area contributed by atoms with Crippen LogP contribution >= 0.6 is 0 Å². The number of pyridine rings is 1. The Morgan fingerprint density at radius 2 is 1.79 bits per heavy atom. The van der Waals surface area contributed by atoms with E-state index in [1.807, 2.05) is 0 Å². The number of hydrogen-bond donors (Lipinski definition) is 0. The van der Waals surface area contributed by atoms with Crippen LogP contribution in [0.4, 0.5) is 11.5 Å². The highest BCUT2D eigenvalue weighted by molar-refractivity contribution is 5.59. The Labute approximate surface area is 176 Å². The van der Waals surface area contributed by atoms with Crippen LogP contribution in [0.1, 0.15) is 72.6 Å². The SMILES string of the molecule is CC1COCCN1c1cc(OC(C)(C)C)nc(N2CCCC2C2CCCCC2)c1. The van der Waals surface area contributed by atoms with E-state index in [0.717, 1.165) is 43.9 Å². The van der Waals surface area contributed by atoms with E-state index in [9.17, 15) is 0 Å². The number of aromatic nitrogens is 1. The molecule has 0 bridgehead atoms. The lowest BCUT2D eigenvalue weighted by atomic mass is 9.83. The predicted molar refractivity (Wildman–Crippen MR) is 119 cm³/mol. The minimum Gasteiger partial charge on any atom is -0.472 e. The lowest BCUT2D eigenvalue weighted by Gasteiger charge is -2.38. The number of hydrogen-bond acceptors (Lipinski definition) is 5. The summed E-state index contributed by atoms with van der Waals surface area (Å²) in [5.74, 6) is 2.68. The summed E-state index contributed by atoms with van der Waals surface area (Å²) < 4.78 is 11.9. The van der Waals surface area contributed by atoms with Crippen molar-refractivity contribution in [1.29, 1.82) is 0 Å². The molecular formula is C24H39N3O2. The molecule has 1 saturated carbocycles. The van der Waals surface area contributed by atoms with Gasteiger partial charge in [0.05, 0.1) is 13.2 Å². The molecule has 2 saturated heterocycles. The van der Waals surface area contributed by atoms with Crippen LogP contribution in [0.15, 0.2) is 12.1 Å². The van der Waals surface area contributed by atoms with E-state index >= 15 is 0 Å². The highest BCUT2D eigenvalue weighted by atomic mass is 16.5. The average Bonchev–Trinajstić information content (AvgIpc) is 3.17. The summed E-state index contributed by atoms with van der Waals surface area (Å²) in [5, 5.41) is 0. The quantitative estimate of drug-likeness (QED) is 0.707. The van der Waals surface area contributed by atoms with Crippen LogP contribution in [0, 0.1) is 5.92 Å². The molecule has 0 amide bonds. The summed E-state index contributed by atoms with van der Waals surface area (Å²) in [6, 6.07) is 5.44. The predicted octanol–water partition coefficient (Wildman–Crippen LogP) is 5.03. The monoisotopic (exact) mass is 401 g/mol. The summed E-state index contributed by atoms with van der Waals surface area (Å²) in [5.41, 5.74) is 0.965. The van der Waals surface area contributed by atoms with Crippen LogP contribution in [-0.2, 0) is 4.74 Å². The van der Waals surface area contributed by atoms with Crippen LogP contribution in [-0.4, -0.2) is 49.0 Å². The van der Waals surface area contributed by atoms with Crippen molar-refractivity contribution in [2.75, 3.05) is 36.1 Å². The summed E-state index contributed by atoms with van der Waals surface area (Å²) in [4.78, 5) is 10.1. The number of morpholine rings is 1.